The van der Waals surface area contributed by atoms with E-state index in [1.165, 1.54) is 6.92 Å². The molecule has 5 N–H and O–H groups in total. The number of hydrogen-bond donors (Lipinski definition) is 4. The number of H-pyrrole nitrogens is 1. The summed E-state index contributed by atoms with van der Waals surface area (Å²) in [5, 5.41) is 13.6. The van der Waals surface area contributed by atoms with Crippen molar-refractivity contribution in [3.05, 3.63) is 66.7 Å². The number of phenols is 1. The molecule has 0 unspecified atom stereocenters. The zero-order valence-corrected chi connectivity index (χ0v) is 16.0. The molecular weight excluding hydrogens is 370 g/mol. The third kappa shape index (κ3) is 3.54. The summed E-state index contributed by atoms with van der Waals surface area (Å²) in [6.07, 6.45) is 0. The Bertz CT molecular complexity index is 1170. The number of nitrogens with two attached hydrogens (primary N) is 1. The number of nitrogens with one attached hydrogen (secondary N) is 2. The van der Waals surface area contributed by atoms with Crippen molar-refractivity contribution in [3.63, 3.8) is 0 Å². The number of aromatic nitrogens is 1. The highest BCUT2D eigenvalue weighted by atomic mass is 32.2. The maximum atomic E-state index is 11.5. The van der Waals surface area contributed by atoms with Crippen molar-refractivity contribution in [3.8, 4) is 17.0 Å². The van der Waals surface area contributed by atoms with Crippen LogP contribution in [0.3, 0.4) is 0 Å². The van der Waals surface area contributed by atoms with Gasteiger partial charge in [-0.15, -0.1) is 0 Å². The summed E-state index contributed by atoms with van der Waals surface area (Å²) in [7, 11) is 0. The molecule has 4 aromatic rings. The summed E-state index contributed by atoms with van der Waals surface area (Å²) in [6.45, 7) is 1.49. The predicted octanol–water partition coefficient (Wildman–Crippen LogP) is 5.23. The highest BCUT2D eigenvalue weighted by Gasteiger charge is 2.16. The maximum absolute atomic E-state index is 11.5. The second-order valence-corrected chi connectivity index (χ2v) is 7.54. The van der Waals surface area contributed by atoms with Gasteiger partial charge < -0.3 is 21.1 Å². The SMILES string of the molecule is CC(=O)Nc1ccc2[nH]c(-c3ccc(O)c(N)c3)c(Sc3ccccc3)c2c1. The van der Waals surface area contributed by atoms with Gasteiger partial charge in [0.1, 0.15) is 5.75 Å². The fourth-order valence-electron chi connectivity index (χ4n) is 3.07. The second-order valence-electron chi connectivity index (χ2n) is 6.46. The fraction of sp³-hybridized carbons (Fsp3) is 0.0455. The van der Waals surface area contributed by atoms with Gasteiger partial charge in [-0.25, -0.2) is 0 Å². The minimum absolute atomic E-state index is 0.0602. The first-order valence-electron chi connectivity index (χ1n) is 8.76. The number of rotatable bonds is 4. The van der Waals surface area contributed by atoms with Crippen LogP contribution in [-0.4, -0.2) is 16.0 Å². The zero-order valence-electron chi connectivity index (χ0n) is 15.2. The molecule has 4 rings (SSSR count). The molecule has 0 bridgehead atoms. The van der Waals surface area contributed by atoms with E-state index in [0.717, 1.165) is 37.6 Å². The lowest BCUT2D eigenvalue weighted by Gasteiger charge is -2.08. The lowest BCUT2D eigenvalue weighted by molar-refractivity contribution is -0.114. The predicted molar refractivity (Wildman–Crippen MR) is 115 cm³/mol. The normalized spacial score (nSPS) is 10.9. The van der Waals surface area contributed by atoms with E-state index in [4.69, 9.17) is 5.73 Å². The van der Waals surface area contributed by atoms with E-state index in [-0.39, 0.29) is 11.7 Å². The highest BCUT2D eigenvalue weighted by Crippen LogP contribution is 2.42. The zero-order chi connectivity index (χ0) is 19.7. The number of nitrogen functional groups attached to an aromatic ring is 1. The van der Waals surface area contributed by atoms with Gasteiger partial charge >= 0.3 is 0 Å². The van der Waals surface area contributed by atoms with Crippen molar-refractivity contribution in [1.82, 2.24) is 4.98 Å². The Morgan fingerprint density at radius 1 is 1.07 bits per heavy atom. The van der Waals surface area contributed by atoms with Crippen molar-refractivity contribution in [2.75, 3.05) is 11.1 Å². The number of amides is 1. The molecule has 0 aliphatic carbocycles. The summed E-state index contributed by atoms with van der Waals surface area (Å²) in [6, 6.07) is 21.0. The number of carbonyl (C=O) groups excluding carboxylic acids is 1. The quantitative estimate of drug-likeness (QED) is 0.284. The van der Waals surface area contributed by atoms with Crippen molar-refractivity contribution in [1.29, 1.82) is 0 Å². The van der Waals surface area contributed by atoms with E-state index in [0.29, 0.717) is 5.69 Å². The lowest BCUT2D eigenvalue weighted by atomic mass is 10.1. The number of aromatic amines is 1. The first-order chi connectivity index (χ1) is 13.5. The minimum Gasteiger partial charge on any atom is -0.506 e. The van der Waals surface area contributed by atoms with Gasteiger partial charge in [-0.1, -0.05) is 30.0 Å². The summed E-state index contributed by atoms with van der Waals surface area (Å²) >= 11 is 1.64. The van der Waals surface area contributed by atoms with Crippen LogP contribution >= 0.6 is 11.8 Å². The Morgan fingerprint density at radius 2 is 1.86 bits per heavy atom. The van der Waals surface area contributed by atoms with Crippen LogP contribution in [-0.2, 0) is 4.79 Å². The Labute approximate surface area is 166 Å². The van der Waals surface area contributed by atoms with E-state index in [1.807, 2.05) is 42.5 Å². The molecule has 0 aliphatic rings. The van der Waals surface area contributed by atoms with Crippen LogP contribution in [0, 0.1) is 0 Å². The van der Waals surface area contributed by atoms with Crippen molar-refractivity contribution in [2.24, 2.45) is 0 Å². The van der Waals surface area contributed by atoms with E-state index >= 15 is 0 Å². The highest BCUT2D eigenvalue weighted by molar-refractivity contribution is 7.99. The molecule has 140 valence electrons. The molecule has 1 heterocycles. The lowest BCUT2D eigenvalue weighted by Crippen LogP contribution is -2.05. The van der Waals surface area contributed by atoms with Crippen LogP contribution in [0.1, 0.15) is 6.92 Å². The molecule has 3 aromatic carbocycles. The van der Waals surface area contributed by atoms with Gasteiger partial charge in [0.15, 0.2) is 0 Å². The number of fused-ring (bicyclic) bond motifs is 1. The molecule has 0 fully saturated rings. The molecule has 0 saturated carbocycles. The van der Waals surface area contributed by atoms with E-state index in [2.05, 4.69) is 22.4 Å². The fourth-order valence-corrected chi connectivity index (χ4v) is 4.15. The average Bonchev–Trinajstić information content (AvgIpc) is 3.02. The van der Waals surface area contributed by atoms with Crippen molar-refractivity contribution >= 4 is 39.9 Å². The molecule has 0 atom stereocenters. The van der Waals surface area contributed by atoms with Crippen LogP contribution in [0.2, 0.25) is 0 Å². The first-order valence-corrected chi connectivity index (χ1v) is 9.58. The molecule has 28 heavy (non-hydrogen) atoms. The van der Waals surface area contributed by atoms with Crippen LogP contribution in [0.4, 0.5) is 11.4 Å². The van der Waals surface area contributed by atoms with Gasteiger partial charge in [0, 0.05) is 38.9 Å². The molecule has 1 aromatic heterocycles. The number of aromatic hydroxyl groups is 1. The van der Waals surface area contributed by atoms with Gasteiger partial charge in [0.05, 0.1) is 11.4 Å². The standard InChI is InChI=1S/C22H19N3O2S/c1-13(26)24-15-8-9-19-17(12-15)22(28-16-5-3-2-4-6-16)21(25-19)14-7-10-20(27)18(23)11-14/h2-12,25,27H,23H2,1H3,(H,24,26). The molecule has 6 heteroatoms. The van der Waals surface area contributed by atoms with E-state index in [1.54, 1.807) is 23.9 Å². The molecule has 0 aliphatic heterocycles. The van der Waals surface area contributed by atoms with Gasteiger partial charge in [0.2, 0.25) is 5.91 Å². The van der Waals surface area contributed by atoms with Gasteiger partial charge in [-0.05, 0) is 48.5 Å². The number of anilines is 2. The largest absolute Gasteiger partial charge is 0.506 e. The summed E-state index contributed by atoms with van der Waals surface area (Å²) in [5.41, 5.74) is 9.73. The Balaban J connectivity index is 1.90. The summed E-state index contributed by atoms with van der Waals surface area (Å²) in [5.74, 6) is -0.0521. The van der Waals surface area contributed by atoms with Gasteiger partial charge in [-0.3, -0.25) is 4.79 Å². The molecule has 0 saturated heterocycles. The van der Waals surface area contributed by atoms with Gasteiger partial charge in [0.25, 0.3) is 0 Å². The maximum Gasteiger partial charge on any atom is 0.221 e. The van der Waals surface area contributed by atoms with Gasteiger partial charge in [-0.2, -0.15) is 0 Å². The van der Waals surface area contributed by atoms with E-state index < -0.39 is 0 Å². The Hall–Kier alpha value is -3.38. The molecule has 0 spiro atoms. The van der Waals surface area contributed by atoms with Crippen molar-refractivity contribution < 1.29 is 9.90 Å². The van der Waals surface area contributed by atoms with Crippen molar-refractivity contribution in [2.45, 2.75) is 16.7 Å². The average molecular weight is 389 g/mol. The molecule has 1 amide bonds. The Kier molecular flexibility index (Phi) is 4.71. The number of carbonyl (C=O) groups is 1. The van der Waals surface area contributed by atoms with Crippen LogP contribution in [0.25, 0.3) is 22.2 Å². The van der Waals surface area contributed by atoms with Crippen LogP contribution < -0.4 is 11.1 Å². The molecule has 5 nitrogen and oxygen atoms in total. The number of benzene rings is 3. The topological polar surface area (TPSA) is 91.1 Å². The van der Waals surface area contributed by atoms with Crippen LogP contribution in [0.5, 0.6) is 5.75 Å². The third-order valence-electron chi connectivity index (χ3n) is 4.35. The first kappa shape index (κ1) is 18.0. The summed E-state index contributed by atoms with van der Waals surface area (Å²) in [4.78, 5) is 17.0. The third-order valence-corrected chi connectivity index (χ3v) is 5.49. The monoisotopic (exact) mass is 389 g/mol. The number of hydrogen-bond acceptors (Lipinski definition) is 4. The number of phenolic OH excluding ortho intramolecular Hbond substituents is 1. The Morgan fingerprint density at radius 3 is 2.57 bits per heavy atom. The molecule has 0 radical (unpaired) electrons. The van der Waals surface area contributed by atoms with E-state index in [9.17, 15) is 9.90 Å². The minimum atomic E-state index is -0.112. The smallest absolute Gasteiger partial charge is 0.221 e. The summed E-state index contributed by atoms with van der Waals surface area (Å²) < 4.78 is 0. The van der Waals surface area contributed by atoms with Crippen LogP contribution in [0.15, 0.2) is 76.5 Å². The second kappa shape index (κ2) is 7.32. The molecular formula is C22H19N3O2S.